The zero-order chi connectivity index (χ0) is 21.1. The summed E-state index contributed by atoms with van der Waals surface area (Å²) in [5.74, 6) is 0.000968. The highest BCUT2D eigenvalue weighted by molar-refractivity contribution is 7.16. The minimum absolute atomic E-state index is 0.0290. The fourth-order valence-electron chi connectivity index (χ4n) is 3.70. The maximum atomic E-state index is 12.8. The number of nitrogens with one attached hydrogen (secondary N) is 1. The quantitative estimate of drug-likeness (QED) is 0.537. The minimum atomic E-state index is -0.0290. The molecule has 1 aliphatic heterocycles. The van der Waals surface area contributed by atoms with E-state index in [-0.39, 0.29) is 11.8 Å². The molecule has 3 aromatic rings. The molecule has 1 fully saturated rings. The van der Waals surface area contributed by atoms with Crippen molar-refractivity contribution in [2.75, 3.05) is 23.3 Å². The van der Waals surface area contributed by atoms with E-state index >= 15 is 0 Å². The standard InChI is InChI=1S/C23H22ClN3O2S/c1-15-21(17-4-6-19(24)7-5-17)25-23(30-15)26-22(29)18-10-12-27(13-11-18)20-8-2-16(14-28)3-9-20/h2-9,14,18H,10-13H2,1H3,(H,25,26,29). The van der Waals surface area contributed by atoms with E-state index in [2.05, 4.69) is 15.2 Å². The molecule has 1 N–H and O–H groups in total. The molecule has 7 heteroatoms. The second-order valence-corrected chi connectivity index (χ2v) is 9.03. The molecule has 1 aliphatic rings. The van der Waals surface area contributed by atoms with Crippen LogP contribution in [0.1, 0.15) is 28.1 Å². The summed E-state index contributed by atoms with van der Waals surface area (Å²) in [6.45, 7) is 3.63. The van der Waals surface area contributed by atoms with Crippen LogP contribution < -0.4 is 10.2 Å². The first-order valence-corrected chi connectivity index (χ1v) is 11.1. The summed E-state index contributed by atoms with van der Waals surface area (Å²) in [5.41, 5.74) is 3.62. The van der Waals surface area contributed by atoms with Crippen LogP contribution in [0.2, 0.25) is 5.02 Å². The molecule has 1 saturated heterocycles. The first-order valence-electron chi connectivity index (χ1n) is 9.88. The van der Waals surface area contributed by atoms with E-state index in [0.29, 0.717) is 15.7 Å². The number of hydrogen-bond acceptors (Lipinski definition) is 5. The number of piperidine rings is 1. The van der Waals surface area contributed by atoms with Gasteiger partial charge in [0.1, 0.15) is 6.29 Å². The topological polar surface area (TPSA) is 62.3 Å². The lowest BCUT2D eigenvalue weighted by Crippen LogP contribution is -2.38. The van der Waals surface area contributed by atoms with Gasteiger partial charge in [0, 0.05) is 45.7 Å². The molecule has 0 atom stereocenters. The summed E-state index contributed by atoms with van der Waals surface area (Å²) in [7, 11) is 0. The van der Waals surface area contributed by atoms with Gasteiger partial charge in [-0.05, 0) is 56.2 Å². The molecule has 1 aromatic heterocycles. The van der Waals surface area contributed by atoms with Gasteiger partial charge in [0.2, 0.25) is 5.91 Å². The molecule has 5 nitrogen and oxygen atoms in total. The average Bonchev–Trinajstić information content (AvgIpc) is 3.14. The van der Waals surface area contributed by atoms with Gasteiger partial charge in [-0.25, -0.2) is 4.98 Å². The van der Waals surface area contributed by atoms with E-state index in [1.165, 1.54) is 11.3 Å². The molecule has 0 aliphatic carbocycles. The minimum Gasteiger partial charge on any atom is -0.371 e. The lowest BCUT2D eigenvalue weighted by Gasteiger charge is -2.32. The summed E-state index contributed by atoms with van der Waals surface area (Å²) in [5, 5.41) is 4.33. The number of hydrogen-bond donors (Lipinski definition) is 1. The number of carbonyl (C=O) groups is 2. The summed E-state index contributed by atoms with van der Waals surface area (Å²) in [4.78, 5) is 31.5. The third-order valence-electron chi connectivity index (χ3n) is 5.40. The first kappa shape index (κ1) is 20.6. The van der Waals surface area contributed by atoms with Gasteiger partial charge in [-0.15, -0.1) is 11.3 Å². The first-order chi connectivity index (χ1) is 14.5. The molecule has 0 radical (unpaired) electrons. The van der Waals surface area contributed by atoms with Crippen LogP contribution in [-0.2, 0) is 4.79 Å². The lowest BCUT2D eigenvalue weighted by atomic mass is 9.95. The van der Waals surface area contributed by atoms with Gasteiger partial charge in [-0.2, -0.15) is 0 Å². The lowest BCUT2D eigenvalue weighted by molar-refractivity contribution is -0.120. The molecule has 0 bridgehead atoms. The molecule has 1 amide bonds. The van der Waals surface area contributed by atoms with Crippen molar-refractivity contribution < 1.29 is 9.59 Å². The zero-order valence-electron chi connectivity index (χ0n) is 16.6. The van der Waals surface area contributed by atoms with Gasteiger partial charge in [-0.3, -0.25) is 9.59 Å². The second-order valence-electron chi connectivity index (χ2n) is 7.39. The Hall–Kier alpha value is -2.70. The highest BCUT2D eigenvalue weighted by Gasteiger charge is 2.26. The van der Waals surface area contributed by atoms with Crippen LogP contribution in [0.5, 0.6) is 0 Å². The molecule has 0 saturated carbocycles. The van der Waals surface area contributed by atoms with Crippen LogP contribution in [0.3, 0.4) is 0 Å². The SMILES string of the molecule is Cc1sc(NC(=O)C2CCN(c3ccc(C=O)cc3)CC2)nc1-c1ccc(Cl)cc1. The van der Waals surface area contributed by atoms with Crippen LogP contribution in [0.15, 0.2) is 48.5 Å². The number of nitrogens with zero attached hydrogens (tertiary/aromatic N) is 2. The van der Waals surface area contributed by atoms with Crippen molar-refractivity contribution in [3.8, 4) is 11.3 Å². The normalized spacial score (nSPS) is 14.5. The molecule has 2 aromatic carbocycles. The van der Waals surface area contributed by atoms with E-state index in [0.717, 1.165) is 54.0 Å². The predicted octanol–water partition coefficient (Wildman–Crippen LogP) is 5.44. The Morgan fingerprint density at radius 3 is 2.43 bits per heavy atom. The fraction of sp³-hybridized carbons (Fsp3) is 0.261. The van der Waals surface area contributed by atoms with Crippen molar-refractivity contribution in [1.29, 1.82) is 0 Å². The van der Waals surface area contributed by atoms with E-state index in [4.69, 9.17) is 11.6 Å². The second kappa shape index (κ2) is 8.98. The highest BCUT2D eigenvalue weighted by atomic mass is 35.5. The van der Waals surface area contributed by atoms with Gasteiger partial charge >= 0.3 is 0 Å². The van der Waals surface area contributed by atoms with Crippen LogP contribution in [0, 0.1) is 12.8 Å². The number of halogens is 1. The van der Waals surface area contributed by atoms with Crippen molar-refractivity contribution in [3.05, 3.63) is 64.0 Å². The van der Waals surface area contributed by atoms with Gasteiger partial charge < -0.3 is 10.2 Å². The van der Waals surface area contributed by atoms with Gasteiger partial charge in [0.25, 0.3) is 0 Å². The van der Waals surface area contributed by atoms with Crippen molar-refractivity contribution in [1.82, 2.24) is 4.98 Å². The molecule has 30 heavy (non-hydrogen) atoms. The molecule has 0 unspecified atom stereocenters. The number of benzene rings is 2. The van der Waals surface area contributed by atoms with Gasteiger partial charge in [0.05, 0.1) is 5.69 Å². The summed E-state index contributed by atoms with van der Waals surface area (Å²) >= 11 is 7.46. The Labute approximate surface area is 184 Å². The third kappa shape index (κ3) is 4.55. The van der Waals surface area contributed by atoms with Crippen molar-refractivity contribution in [2.24, 2.45) is 5.92 Å². The molecular weight excluding hydrogens is 418 g/mol. The number of amides is 1. The molecule has 154 valence electrons. The molecular formula is C23H22ClN3O2S. The number of rotatable bonds is 5. The molecule has 0 spiro atoms. The predicted molar refractivity (Wildman–Crippen MR) is 123 cm³/mol. The molecule has 2 heterocycles. The number of anilines is 2. The van der Waals surface area contributed by atoms with Crippen molar-refractivity contribution in [2.45, 2.75) is 19.8 Å². The molecule has 4 rings (SSSR count). The van der Waals surface area contributed by atoms with E-state index in [1.54, 1.807) is 0 Å². The number of aromatic nitrogens is 1. The summed E-state index contributed by atoms with van der Waals surface area (Å²) < 4.78 is 0. The smallest absolute Gasteiger partial charge is 0.229 e. The summed E-state index contributed by atoms with van der Waals surface area (Å²) in [6, 6.07) is 15.1. The Bertz CT molecular complexity index is 1040. The maximum absolute atomic E-state index is 12.8. The number of thiazole rings is 1. The average molecular weight is 440 g/mol. The Kier molecular flexibility index (Phi) is 6.16. The van der Waals surface area contributed by atoms with Crippen LogP contribution in [0.25, 0.3) is 11.3 Å². The van der Waals surface area contributed by atoms with Crippen molar-refractivity contribution in [3.63, 3.8) is 0 Å². The van der Waals surface area contributed by atoms with E-state index in [1.807, 2.05) is 55.5 Å². The largest absolute Gasteiger partial charge is 0.371 e. The Morgan fingerprint density at radius 2 is 1.80 bits per heavy atom. The highest BCUT2D eigenvalue weighted by Crippen LogP contribution is 2.32. The van der Waals surface area contributed by atoms with Crippen molar-refractivity contribution >= 4 is 46.0 Å². The summed E-state index contributed by atoms with van der Waals surface area (Å²) in [6.07, 6.45) is 2.42. The van der Waals surface area contributed by atoms with E-state index in [9.17, 15) is 9.59 Å². The van der Waals surface area contributed by atoms with E-state index < -0.39 is 0 Å². The Balaban J connectivity index is 1.36. The van der Waals surface area contributed by atoms with Crippen LogP contribution in [-0.4, -0.2) is 30.3 Å². The number of aldehydes is 1. The van der Waals surface area contributed by atoms with Crippen LogP contribution >= 0.6 is 22.9 Å². The van der Waals surface area contributed by atoms with Crippen LogP contribution in [0.4, 0.5) is 10.8 Å². The van der Waals surface area contributed by atoms with Gasteiger partial charge in [0.15, 0.2) is 5.13 Å². The fourth-order valence-corrected chi connectivity index (χ4v) is 4.66. The number of carbonyl (C=O) groups excluding carboxylic acids is 2. The monoisotopic (exact) mass is 439 g/mol. The maximum Gasteiger partial charge on any atom is 0.229 e. The van der Waals surface area contributed by atoms with Gasteiger partial charge in [-0.1, -0.05) is 23.7 Å². The number of aryl methyl sites for hydroxylation is 1. The Morgan fingerprint density at radius 1 is 1.13 bits per heavy atom. The third-order valence-corrected chi connectivity index (χ3v) is 6.54. The zero-order valence-corrected chi connectivity index (χ0v) is 18.2.